The summed E-state index contributed by atoms with van der Waals surface area (Å²) < 4.78 is 19.9. The Balaban J connectivity index is 1.84. The molecule has 3 rings (SSSR count). The fourth-order valence-corrected chi connectivity index (χ4v) is 3.72. The summed E-state index contributed by atoms with van der Waals surface area (Å²) in [4.78, 5) is 11.2. The fraction of sp³-hybridized carbons (Fsp3) is 0.435. The Hall–Kier alpha value is -2.20. The summed E-state index contributed by atoms with van der Waals surface area (Å²) in [5, 5.41) is 9.86. The molecule has 1 aliphatic rings. The van der Waals surface area contributed by atoms with Gasteiger partial charge in [-0.25, -0.2) is 4.39 Å². The molecule has 1 N–H and O–H groups in total. The molecule has 0 bridgehead atoms. The van der Waals surface area contributed by atoms with Crippen LogP contribution in [0.25, 0.3) is 11.1 Å². The molecule has 0 aliphatic heterocycles. The van der Waals surface area contributed by atoms with Crippen LogP contribution in [0.4, 0.5) is 4.39 Å². The van der Waals surface area contributed by atoms with E-state index >= 15 is 0 Å². The number of Topliss-reactive ketones (excluding diaryl/α,β-unsaturated/α-hetero) is 1. The number of hydrogen-bond acceptors (Lipinski definition) is 3. The number of benzene rings is 2. The van der Waals surface area contributed by atoms with Crippen molar-refractivity contribution in [2.45, 2.75) is 64.1 Å². The highest BCUT2D eigenvalue weighted by Crippen LogP contribution is 2.32. The van der Waals surface area contributed by atoms with Gasteiger partial charge in [0.25, 0.3) is 0 Å². The molecule has 1 aliphatic carbocycles. The molecule has 0 saturated heterocycles. The highest BCUT2D eigenvalue weighted by molar-refractivity contribution is 5.75. The van der Waals surface area contributed by atoms with Crippen LogP contribution in [0.5, 0.6) is 5.75 Å². The summed E-state index contributed by atoms with van der Waals surface area (Å²) >= 11 is 0. The molecule has 3 nitrogen and oxygen atoms in total. The average Bonchev–Trinajstić information content (AvgIpc) is 2.62. The molecule has 2 unspecified atom stereocenters. The maximum absolute atomic E-state index is 13.8. The fourth-order valence-electron chi connectivity index (χ4n) is 3.72. The Morgan fingerprint density at radius 3 is 2.81 bits per heavy atom. The van der Waals surface area contributed by atoms with Crippen LogP contribution in [0.15, 0.2) is 42.5 Å². The van der Waals surface area contributed by atoms with Crippen LogP contribution in [-0.4, -0.2) is 23.1 Å². The van der Waals surface area contributed by atoms with Gasteiger partial charge < -0.3 is 14.6 Å². The third-order valence-corrected chi connectivity index (χ3v) is 5.09. The number of rotatable bonds is 7. The van der Waals surface area contributed by atoms with E-state index in [0.717, 1.165) is 54.5 Å². The number of ether oxygens (including phenoxy) is 1. The summed E-state index contributed by atoms with van der Waals surface area (Å²) in [6, 6.07) is 12.5. The normalized spacial score (nSPS) is 19.7. The van der Waals surface area contributed by atoms with Crippen molar-refractivity contribution in [2.24, 2.45) is 0 Å². The average molecular weight is 370 g/mol. The van der Waals surface area contributed by atoms with Gasteiger partial charge in [-0.3, -0.25) is 0 Å². The number of halogens is 1. The molecule has 0 heterocycles. The second-order valence-corrected chi connectivity index (χ2v) is 7.45. The van der Waals surface area contributed by atoms with Gasteiger partial charge in [-0.15, -0.1) is 0 Å². The van der Waals surface area contributed by atoms with Crippen LogP contribution in [-0.2, 0) is 11.2 Å². The van der Waals surface area contributed by atoms with E-state index in [-0.39, 0.29) is 23.8 Å². The Morgan fingerprint density at radius 2 is 2.07 bits per heavy atom. The number of ketones is 1. The quantitative estimate of drug-likeness (QED) is 0.739. The lowest BCUT2D eigenvalue weighted by Crippen LogP contribution is -2.28. The summed E-state index contributed by atoms with van der Waals surface area (Å²) in [6.07, 6.45) is 5.17. The number of carbonyl (C=O) groups excluding carboxylic acids is 1. The van der Waals surface area contributed by atoms with Crippen LogP contribution in [0.3, 0.4) is 0 Å². The van der Waals surface area contributed by atoms with Crippen LogP contribution in [0.1, 0.15) is 51.0 Å². The van der Waals surface area contributed by atoms with Gasteiger partial charge in [0.15, 0.2) is 0 Å². The molecular formula is C23H27FO3. The monoisotopic (exact) mass is 370 g/mol. The molecular weight excluding hydrogens is 343 g/mol. The molecule has 0 radical (unpaired) electrons. The van der Waals surface area contributed by atoms with Crippen molar-refractivity contribution in [1.82, 2.24) is 0 Å². The predicted octanol–water partition coefficient (Wildman–Crippen LogP) is 5.09. The zero-order valence-electron chi connectivity index (χ0n) is 15.8. The van der Waals surface area contributed by atoms with Crippen molar-refractivity contribution in [3.05, 3.63) is 53.8 Å². The summed E-state index contributed by atoms with van der Waals surface area (Å²) in [7, 11) is 0. The molecule has 1 fully saturated rings. The van der Waals surface area contributed by atoms with Crippen LogP contribution >= 0.6 is 0 Å². The van der Waals surface area contributed by atoms with Gasteiger partial charge in [0.05, 0.1) is 6.10 Å². The van der Waals surface area contributed by atoms with E-state index in [2.05, 4.69) is 0 Å². The second-order valence-electron chi connectivity index (χ2n) is 7.45. The minimum absolute atomic E-state index is 0.0117. The van der Waals surface area contributed by atoms with Gasteiger partial charge in [-0.2, -0.15) is 0 Å². The van der Waals surface area contributed by atoms with Crippen LogP contribution < -0.4 is 4.74 Å². The molecule has 4 heteroatoms. The summed E-state index contributed by atoms with van der Waals surface area (Å²) in [6.45, 7) is 1.60. The molecule has 0 spiro atoms. The molecule has 1 saturated carbocycles. The van der Waals surface area contributed by atoms with Crippen molar-refractivity contribution < 1.29 is 19.0 Å². The number of carbonyl (C=O) groups is 1. The smallest absolute Gasteiger partial charge is 0.129 e. The van der Waals surface area contributed by atoms with Gasteiger partial charge in [0.2, 0.25) is 0 Å². The number of aryl methyl sites for hydroxylation is 1. The third kappa shape index (κ3) is 5.64. The van der Waals surface area contributed by atoms with E-state index in [0.29, 0.717) is 12.8 Å². The Bertz CT molecular complexity index is 787. The molecule has 27 heavy (non-hydrogen) atoms. The summed E-state index contributed by atoms with van der Waals surface area (Å²) in [5.74, 6) is 0.644. The topological polar surface area (TPSA) is 46.5 Å². The Labute approximate surface area is 160 Å². The first-order valence-corrected chi connectivity index (χ1v) is 9.74. The van der Waals surface area contributed by atoms with Crippen LogP contribution in [0, 0.1) is 5.82 Å². The van der Waals surface area contributed by atoms with E-state index < -0.39 is 0 Å². The zero-order chi connectivity index (χ0) is 19.2. The lowest BCUT2D eigenvalue weighted by Gasteiger charge is -2.27. The van der Waals surface area contributed by atoms with E-state index in [1.165, 1.54) is 12.1 Å². The minimum Gasteiger partial charge on any atom is -0.490 e. The van der Waals surface area contributed by atoms with Crippen molar-refractivity contribution in [1.29, 1.82) is 0 Å². The third-order valence-electron chi connectivity index (χ3n) is 5.09. The lowest BCUT2D eigenvalue weighted by atomic mass is 9.94. The van der Waals surface area contributed by atoms with Gasteiger partial charge in [0.1, 0.15) is 23.5 Å². The zero-order valence-corrected chi connectivity index (χ0v) is 15.8. The van der Waals surface area contributed by atoms with E-state index in [9.17, 15) is 14.3 Å². The van der Waals surface area contributed by atoms with E-state index in [1.807, 2.05) is 24.3 Å². The Kier molecular flexibility index (Phi) is 6.62. The largest absolute Gasteiger partial charge is 0.490 e. The lowest BCUT2D eigenvalue weighted by molar-refractivity contribution is -0.117. The van der Waals surface area contributed by atoms with Crippen molar-refractivity contribution in [3.8, 4) is 16.9 Å². The molecule has 0 amide bonds. The van der Waals surface area contributed by atoms with Crippen molar-refractivity contribution >= 4 is 5.78 Å². The first-order chi connectivity index (χ1) is 13.0. The van der Waals surface area contributed by atoms with E-state index in [1.54, 1.807) is 13.0 Å². The predicted molar refractivity (Wildman–Crippen MR) is 104 cm³/mol. The highest BCUT2D eigenvalue weighted by atomic mass is 19.1. The number of aliphatic hydroxyl groups is 1. The SMILES string of the molecule is CC(=O)CCCc1ccc(OC2CCCC(O)C2)cc1-c1cccc(F)c1. The summed E-state index contributed by atoms with van der Waals surface area (Å²) in [5.41, 5.74) is 2.83. The maximum atomic E-state index is 13.8. The van der Waals surface area contributed by atoms with Gasteiger partial charge >= 0.3 is 0 Å². The highest BCUT2D eigenvalue weighted by Gasteiger charge is 2.22. The second kappa shape index (κ2) is 9.14. The number of aliphatic hydroxyl groups excluding tert-OH is 1. The minimum atomic E-state index is -0.294. The Morgan fingerprint density at radius 1 is 1.22 bits per heavy atom. The van der Waals surface area contributed by atoms with Crippen LogP contribution in [0.2, 0.25) is 0 Å². The first-order valence-electron chi connectivity index (χ1n) is 9.74. The van der Waals surface area contributed by atoms with Gasteiger partial charge in [-0.1, -0.05) is 18.2 Å². The van der Waals surface area contributed by atoms with Crippen molar-refractivity contribution in [2.75, 3.05) is 0 Å². The molecule has 2 atom stereocenters. The van der Waals surface area contributed by atoms with Crippen molar-refractivity contribution in [3.63, 3.8) is 0 Å². The van der Waals surface area contributed by atoms with Gasteiger partial charge in [0, 0.05) is 12.8 Å². The molecule has 2 aromatic rings. The molecule has 0 aromatic heterocycles. The standard InChI is InChI=1S/C23H27FO3/c1-16(25)5-2-6-17-11-12-22(27-21-10-4-9-20(26)14-21)15-23(17)18-7-3-8-19(24)13-18/h3,7-8,11-13,15,20-21,26H,2,4-6,9-10,14H2,1H3. The molecule has 144 valence electrons. The van der Waals surface area contributed by atoms with E-state index in [4.69, 9.17) is 4.74 Å². The first kappa shape index (κ1) is 19.6. The number of hydrogen-bond donors (Lipinski definition) is 1. The molecule has 2 aromatic carbocycles. The van der Waals surface area contributed by atoms with Gasteiger partial charge in [-0.05, 0) is 80.0 Å². The maximum Gasteiger partial charge on any atom is 0.129 e.